The number of carbonyl (C=O) groups is 1. The third-order valence-electron chi connectivity index (χ3n) is 4.51. The highest BCUT2D eigenvalue weighted by molar-refractivity contribution is 5.98. The molecule has 1 fully saturated rings. The minimum Gasteiger partial charge on any atom is -0.352 e. The van der Waals surface area contributed by atoms with E-state index < -0.39 is 23.3 Å². The van der Waals surface area contributed by atoms with Gasteiger partial charge in [0.15, 0.2) is 23.3 Å². The first-order valence-electron chi connectivity index (χ1n) is 8.31. The van der Waals surface area contributed by atoms with E-state index in [1.54, 1.807) is 6.92 Å². The summed E-state index contributed by atoms with van der Waals surface area (Å²) in [6.07, 6.45) is 3.72. The molecule has 1 N–H and O–H groups in total. The van der Waals surface area contributed by atoms with Crippen molar-refractivity contribution in [3.63, 3.8) is 0 Å². The number of benzene rings is 2. The van der Waals surface area contributed by atoms with Gasteiger partial charge in [-0.15, -0.1) is 0 Å². The lowest BCUT2D eigenvalue weighted by molar-refractivity contribution is -0.117. The van der Waals surface area contributed by atoms with Crippen LogP contribution in [0.15, 0.2) is 29.8 Å². The van der Waals surface area contributed by atoms with Crippen LogP contribution in [0.5, 0.6) is 0 Å². The van der Waals surface area contributed by atoms with Crippen molar-refractivity contribution in [1.82, 2.24) is 5.32 Å². The molecule has 2 aromatic rings. The zero-order valence-electron chi connectivity index (χ0n) is 14.1. The Hall–Kier alpha value is -2.63. The van der Waals surface area contributed by atoms with E-state index in [2.05, 4.69) is 5.32 Å². The second kappa shape index (κ2) is 7.32. The van der Waals surface area contributed by atoms with E-state index in [9.17, 15) is 22.4 Å². The smallest absolute Gasteiger partial charge is 0.247 e. The summed E-state index contributed by atoms with van der Waals surface area (Å²) in [5, 5.41) is 2.75. The Kier molecular flexibility index (Phi) is 5.11. The molecule has 0 aliphatic carbocycles. The molecule has 0 aromatic heterocycles. The molecule has 0 atom stereocenters. The lowest BCUT2D eigenvalue weighted by atomic mass is 9.93. The molecular formula is C20H17F4NO. The van der Waals surface area contributed by atoms with Crippen LogP contribution in [0.4, 0.5) is 17.6 Å². The summed E-state index contributed by atoms with van der Waals surface area (Å²) in [6, 6.07) is 3.90. The van der Waals surface area contributed by atoms with Gasteiger partial charge in [-0.2, -0.15) is 0 Å². The van der Waals surface area contributed by atoms with E-state index in [4.69, 9.17) is 0 Å². The number of rotatable bonds is 2. The average Bonchev–Trinajstić information content (AvgIpc) is 2.80. The van der Waals surface area contributed by atoms with Gasteiger partial charge in [0.1, 0.15) is 0 Å². The number of hydrogen-bond acceptors (Lipinski definition) is 1. The highest BCUT2D eigenvalue weighted by Crippen LogP contribution is 2.33. The summed E-state index contributed by atoms with van der Waals surface area (Å²) in [5.41, 5.74) is 1.04. The average molecular weight is 363 g/mol. The van der Waals surface area contributed by atoms with Crippen LogP contribution in [-0.2, 0) is 4.79 Å². The monoisotopic (exact) mass is 363 g/mol. The molecule has 0 bridgehead atoms. The van der Waals surface area contributed by atoms with Crippen molar-refractivity contribution >= 4 is 12.0 Å². The van der Waals surface area contributed by atoms with Gasteiger partial charge in [0.2, 0.25) is 5.91 Å². The van der Waals surface area contributed by atoms with Crippen LogP contribution in [0.3, 0.4) is 0 Å². The molecule has 1 aliphatic heterocycles. The number of hydrogen-bond donors (Lipinski definition) is 1. The van der Waals surface area contributed by atoms with E-state index in [1.807, 2.05) is 0 Å². The maximum Gasteiger partial charge on any atom is 0.247 e. The molecule has 26 heavy (non-hydrogen) atoms. The molecule has 0 saturated carbocycles. The molecule has 1 saturated heterocycles. The molecule has 1 aliphatic rings. The van der Waals surface area contributed by atoms with Crippen molar-refractivity contribution in [2.24, 2.45) is 0 Å². The van der Waals surface area contributed by atoms with Crippen molar-refractivity contribution in [2.45, 2.75) is 26.2 Å². The fourth-order valence-electron chi connectivity index (χ4n) is 3.08. The maximum atomic E-state index is 14.4. The van der Waals surface area contributed by atoms with Gasteiger partial charge in [-0.25, -0.2) is 17.6 Å². The summed E-state index contributed by atoms with van der Waals surface area (Å²) in [6.45, 7) is 2.13. The molecule has 6 heteroatoms. The molecule has 0 unspecified atom stereocenters. The second-order valence-corrected chi connectivity index (χ2v) is 6.27. The Bertz CT molecular complexity index is 905. The van der Waals surface area contributed by atoms with Crippen molar-refractivity contribution in [3.8, 4) is 11.1 Å². The molecular weight excluding hydrogens is 346 g/mol. The van der Waals surface area contributed by atoms with Crippen LogP contribution in [-0.4, -0.2) is 12.5 Å². The van der Waals surface area contributed by atoms with E-state index >= 15 is 0 Å². The summed E-state index contributed by atoms with van der Waals surface area (Å²) in [5.74, 6) is -4.70. The van der Waals surface area contributed by atoms with Crippen molar-refractivity contribution in [3.05, 3.63) is 64.2 Å². The highest BCUT2D eigenvalue weighted by Gasteiger charge is 2.19. The minimum atomic E-state index is -1.14. The molecule has 0 radical (unpaired) electrons. The number of amides is 1. The van der Waals surface area contributed by atoms with Gasteiger partial charge in [-0.1, -0.05) is 6.07 Å². The fraction of sp³-hybridized carbons (Fsp3) is 0.250. The predicted octanol–water partition coefficient (Wildman–Crippen LogP) is 4.90. The first-order chi connectivity index (χ1) is 12.4. The Morgan fingerprint density at radius 2 is 1.77 bits per heavy atom. The number of carbonyl (C=O) groups excluding carboxylic acids is 1. The minimum absolute atomic E-state index is 0.0309. The van der Waals surface area contributed by atoms with Crippen LogP contribution in [0.2, 0.25) is 0 Å². The molecule has 1 heterocycles. The molecule has 1 amide bonds. The summed E-state index contributed by atoms with van der Waals surface area (Å²) >= 11 is 0. The molecule has 2 nitrogen and oxygen atoms in total. The largest absolute Gasteiger partial charge is 0.352 e. The standard InChI is InChI=1S/C20H17F4NO/c1-11-14(8-13-4-2-3-7-25-20(13)26)10-17(23)19(24)18(11)12-5-6-15(21)16(22)9-12/h5-6,8-10H,2-4,7H2,1H3,(H,25,26)/b13-8+. The third-order valence-corrected chi connectivity index (χ3v) is 4.51. The van der Waals surface area contributed by atoms with Crippen molar-refractivity contribution in [1.29, 1.82) is 0 Å². The highest BCUT2D eigenvalue weighted by atomic mass is 19.2. The Morgan fingerprint density at radius 1 is 1.00 bits per heavy atom. The van der Waals surface area contributed by atoms with Gasteiger partial charge in [0, 0.05) is 17.7 Å². The van der Waals surface area contributed by atoms with Crippen molar-refractivity contribution < 1.29 is 22.4 Å². The second-order valence-electron chi connectivity index (χ2n) is 6.27. The molecule has 2 aromatic carbocycles. The lowest BCUT2D eigenvalue weighted by Crippen LogP contribution is -2.23. The Balaban J connectivity index is 2.15. The van der Waals surface area contributed by atoms with Gasteiger partial charge in [0.25, 0.3) is 0 Å². The van der Waals surface area contributed by atoms with Crippen LogP contribution in [0.1, 0.15) is 30.4 Å². The molecule has 136 valence electrons. The first-order valence-corrected chi connectivity index (χ1v) is 8.31. The van der Waals surface area contributed by atoms with E-state index in [1.165, 1.54) is 12.1 Å². The predicted molar refractivity (Wildman–Crippen MR) is 91.3 cm³/mol. The molecule has 0 spiro atoms. The van der Waals surface area contributed by atoms with E-state index in [-0.39, 0.29) is 17.0 Å². The van der Waals surface area contributed by atoms with Gasteiger partial charge in [-0.05, 0) is 67.2 Å². The summed E-state index contributed by atoms with van der Waals surface area (Å²) in [7, 11) is 0. The van der Waals surface area contributed by atoms with Gasteiger partial charge < -0.3 is 5.32 Å². The quantitative estimate of drug-likeness (QED) is 0.597. The van der Waals surface area contributed by atoms with E-state index in [0.29, 0.717) is 29.7 Å². The Labute approximate surface area is 148 Å². The van der Waals surface area contributed by atoms with Gasteiger partial charge >= 0.3 is 0 Å². The van der Waals surface area contributed by atoms with Crippen LogP contribution in [0.25, 0.3) is 17.2 Å². The summed E-state index contributed by atoms with van der Waals surface area (Å²) in [4.78, 5) is 12.1. The van der Waals surface area contributed by atoms with Gasteiger partial charge in [0.05, 0.1) is 0 Å². The fourth-order valence-corrected chi connectivity index (χ4v) is 3.08. The third kappa shape index (κ3) is 3.49. The molecule has 3 rings (SSSR count). The number of halogens is 4. The van der Waals surface area contributed by atoms with Gasteiger partial charge in [-0.3, -0.25) is 4.79 Å². The van der Waals surface area contributed by atoms with Crippen molar-refractivity contribution in [2.75, 3.05) is 6.54 Å². The van der Waals surface area contributed by atoms with Crippen LogP contribution >= 0.6 is 0 Å². The van der Waals surface area contributed by atoms with Crippen LogP contribution < -0.4 is 5.32 Å². The topological polar surface area (TPSA) is 29.1 Å². The van der Waals surface area contributed by atoms with Crippen LogP contribution in [0, 0.1) is 30.2 Å². The van der Waals surface area contributed by atoms with E-state index in [0.717, 1.165) is 31.0 Å². The lowest BCUT2D eigenvalue weighted by Gasteiger charge is -2.13. The zero-order chi connectivity index (χ0) is 18.8. The SMILES string of the molecule is Cc1c(/C=C2\CCCCNC2=O)cc(F)c(F)c1-c1ccc(F)c(F)c1. The zero-order valence-corrected chi connectivity index (χ0v) is 14.1. The maximum absolute atomic E-state index is 14.4. The summed E-state index contributed by atoms with van der Waals surface area (Å²) < 4.78 is 55.2. The normalized spacial score (nSPS) is 16.5. The first kappa shape index (κ1) is 18.2. The Morgan fingerprint density at radius 3 is 2.50 bits per heavy atom. The number of nitrogens with one attached hydrogen (secondary N) is 1.